The summed E-state index contributed by atoms with van der Waals surface area (Å²) in [5, 5.41) is 3.43. The minimum absolute atomic E-state index is 0.0321. The van der Waals surface area contributed by atoms with E-state index in [2.05, 4.69) is 10.3 Å². The van der Waals surface area contributed by atoms with Crippen LogP contribution < -0.4 is 5.32 Å². The van der Waals surface area contributed by atoms with Gasteiger partial charge in [0.1, 0.15) is 10.3 Å². The van der Waals surface area contributed by atoms with Gasteiger partial charge in [-0.1, -0.05) is 18.7 Å². The van der Waals surface area contributed by atoms with E-state index in [9.17, 15) is 14.4 Å². The van der Waals surface area contributed by atoms with Crippen molar-refractivity contribution in [3.05, 3.63) is 16.5 Å². The predicted molar refractivity (Wildman–Crippen MR) is 110 cm³/mol. The summed E-state index contributed by atoms with van der Waals surface area (Å²) in [6.45, 7) is 8.89. The van der Waals surface area contributed by atoms with Crippen molar-refractivity contribution in [2.75, 3.05) is 25.0 Å². The average Bonchev–Trinajstić information content (AvgIpc) is 3.16. The summed E-state index contributed by atoms with van der Waals surface area (Å²) in [6.07, 6.45) is 0.788. The van der Waals surface area contributed by atoms with Gasteiger partial charge in [-0.2, -0.15) is 0 Å². The van der Waals surface area contributed by atoms with Crippen LogP contribution in [0.3, 0.4) is 0 Å². The maximum absolute atomic E-state index is 12.5. The third kappa shape index (κ3) is 5.10. The van der Waals surface area contributed by atoms with Gasteiger partial charge in [-0.15, -0.1) is 11.3 Å². The molecular formula is C18H25N3O4S2. The Morgan fingerprint density at radius 1 is 1.30 bits per heavy atom. The lowest BCUT2D eigenvalue weighted by Gasteiger charge is -2.13. The summed E-state index contributed by atoms with van der Waals surface area (Å²) in [4.78, 5) is 44.1. The second kappa shape index (κ2) is 9.89. The van der Waals surface area contributed by atoms with Crippen LogP contribution in [0.25, 0.3) is 0 Å². The molecule has 1 saturated heterocycles. The number of thioether (sulfide) groups is 1. The molecule has 1 aliphatic rings. The fourth-order valence-electron chi connectivity index (χ4n) is 2.60. The Balaban J connectivity index is 2.10. The zero-order valence-corrected chi connectivity index (χ0v) is 17.7. The van der Waals surface area contributed by atoms with Crippen molar-refractivity contribution in [3.8, 4) is 0 Å². The smallest absolute Gasteiger partial charge is 0.341 e. The Morgan fingerprint density at radius 2 is 2.04 bits per heavy atom. The first kappa shape index (κ1) is 21.4. The molecule has 27 heavy (non-hydrogen) atoms. The first-order valence-electron chi connectivity index (χ1n) is 9.07. The number of rotatable bonds is 8. The molecule has 1 fully saturated rings. The molecule has 0 aromatic carbocycles. The van der Waals surface area contributed by atoms with Crippen LogP contribution in [-0.2, 0) is 20.7 Å². The highest BCUT2D eigenvalue weighted by Gasteiger charge is 2.38. The van der Waals surface area contributed by atoms with E-state index in [4.69, 9.17) is 4.74 Å². The van der Waals surface area contributed by atoms with Crippen LogP contribution in [-0.4, -0.2) is 52.8 Å². The molecule has 9 heteroatoms. The molecule has 2 amide bonds. The van der Waals surface area contributed by atoms with E-state index in [-0.39, 0.29) is 24.8 Å². The molecule has 0 saturated carbocycles. The van der Waals surface area contributed by atoms with Crippen LogP contribution in [0.4, 0.5) is 5.00 Å². The molecule has 148 valence electrons. The van der Waals surface area contributed by atoms with E-state index in [1.807, 2.05) is 20.8 Å². The van der Waals surface area contributed by atoms with Crippen LogP contribution in [0.5, 0.6) is 0 Å². The molecule has 2 heterocycles. The lowest BCUT2D eigenvalue weighted by atomic mass is 10.2. The number of hydrogen-bond donors (Lipinski definition) is 1. The summed E-state index contributed by atoms with van der Waals surface area (Å²) in [5.41, 5.74) is 0.362. The Bertz CT molecular complexity index is 745. The first-order chi connectivity index (χ1) is 12.9. The number of nitrogens with zero attached hydrogens (tertiary/aromatic N) is 2. The highest BCUT2D eigenvalue weighted by atomic mass is 32.2. The molecule has 0 spiro atoms. The van der Waals surface area contributed by atoms with E-state index < -0.39 is 11.2 Å². The van der Waals surface area contributed by atoms with Crippen LogP contribution in [0.1, 0.15) is 49.4 Å². The zero-order valence-electron chi connectivity index (χ0n) is 16.0. The van der Waals surface area contributed by atoms with Crippen LogP contribution in [0, 0.1) is 0 Å². The minimum atomic E-state index is -0.494. The Hall–Kier alpha value is -1.87. The summed E-state index contributed by atoms with van der Waals surface area (Å²) < 4.78 is 5.06. The molecule has 1 aromatic rings. The van der Waals surface area contributed by atoms with E-state index in [1.54, 1.807) is 17.9 Å². The van der Waals surface area contributed by atoms with Crippen molar-refractivity contribution in [2.45, 2.75) is 45.8 Å². The monoisotopic (exact) mass is 411 g/mol. The number of thiophene rings is 1. The Morgan fingerprint density at radius 3 is 2.63 bits per heavy atom. The van der Waals surface area contributed by atoms with Gasteiger partial charge in [-0.3, -0.25) is 19.5 Å². The van der Waals surface area contributed by atoms with Gasteiger partial charge in [0, 0.05) is 24.4 Å². The summed E-state index contributed by atoms with van der Waals surface area (Å²) in [6, 6.07) is 1.75. The molecule has 1 aromatic heterocycles. The third-order valence-electron chi connectivity index (χ3n) is 3.88. The van der Waals surface area contributed by atoms with Crippen molar-refractivity contribution in [1.82, 2.24) is 4.90 Å². The largest absolute Gasteiger partial charge is 0.462 e. The van der Waals surface area contributed by atoms with Gasteiger partial charge in [-0.25, -0.2) is 4.79 Å². The quantitative estimate of drug-likeness (QED) is 0.664. The number of carbonyl (C=O) groups is 3. The number of aliphatic imine (C=N–C) groups is 1. The van der Waals surface area contributed by atoms with Gasteiger partial charge in [0.25, 0.3) is 0 Å². The molecule has 7 nitrogen and oxygen atoms in total. The predicted octanol–water partition coefficient (Wildman–Crippen LogP) is 3.16. The van der Waals surface area contributed by atoms with Crippen molar-refractivity contribution >= 4 is 51.1 Å². The van der Waals surface area contributed by atoms with Crippen molar-refractivity contribution in [2.24, 2.45) is 4.99 Å². The number of amidine groups is 1. The third-order valence-corrected chi connectivity index (χ3v) is 6.29. The van der Waals surface area contributed by atoms with E-state index >= 15 is 0 Å². The van der Waals surface area contributed by atoms with Crippen LogP contribution in [0.2, 0.25) is 0 Å². The SMILES string of the molecule is CCN=C1S[C@H](CC(=O)Nc2sc(CC)cc2C(=O)OCC)C(=O)N1CC. The second-order valence-electron chi connectivity index (χ2n) is 5.73. The van der Waals surface area contributed by atoms with E-state index in [0.717, 1.165) is 11.3 Å². The summed E-state index contributed by atoms with van der Waals surface area (Å²) in [5.74, 6) is -0.856. The number of esters is 1. The lowest BCUT2D eigenvalue weighted by Crippen LogP contribution is -2.33. The summed E-state index contributed by atoms with van der Waals surface area (Å²) >= 11 is 2.68. The highest BCUT2D eigenvalue weighted by Crippen LogP contribution is 2.32. The highest BCUT2D eigenvalue weighted by molar-refractivity contribution is 8.15. The maximum Gasteiger partial charge on any atom is 0.341 e. The maximum atomic E-state index is 12.5. The van der Waals surface area contributed by atoms with Crippen molar-refractivity contribution in [3.63, 3.8) is 0 Å². The van der Waals surface area contributed by atoms with Gasteiger partial charge in [0.2, 0.25) is 11.8 Å². The van der Waals surface area contributed by atoms with E-state index in [0.29, 0.717) is 28.8 Å². The minimum Gasteiger partial charge on any atom is -0.462 e. The molecule has 1 atom stereocenters. The topological polar surface area (TPSA) is 88.1 Å². The average molecular weight is 412 g/mol. The molecule has 0 unspecified atom stereocenters. The van der Waals surface area contributed by atoms with Crippen molar-refractivity contribution < 1.29 is 19.1 Å². The summed E-state index contributed by atoms with van der Waals surface area (Å²) in [7, 11) is 0. The molecule has 0 aliphatic carbocycles. The van der Waals surface area contributed by atoms with Gasteiger partial charge >= 0.3 is 5.97 Å². The van der Waals surface area contributed by atoms with Crippen molar-refractivity contribution in [1.29, 1.82) is 0 Å². The number of nitrogens with one attached hydrogen (secondary N) is 1. The number of aryl methyl sites for hydroxylation is 1. The number of ether oxygens (including phenoxy) is 1. The van der Waals surface area contributed by atoms with Gasteiger partial charge in [0.15, 0.2) is 5.17 Å². The number of carbonyl (C=O) groups excluding carboxylic acids is 3. The lowest BCUT2D eigenvalue weighted by molar-refractivity contribution is -0.128. The molecule has 0 bridgehead atoms. The molecule has 1 N–H and O–H groups in total. The molecule has 2 rings (SSSR count). The van der Waals surface area contributed by atoms with Gasteiger partial charge in [-0.05, 0) is 33.3 Å². The second-order valence-corrected chi connectivity index (χ2v) is 8.03. The number of amides is 2. The van der Waals surface area contributed by atoms with E-state index in [1.165, 1.54) is 23.1 Å². The standard InChI is InChI=1S/C18H25N3O4S2/c1-5-11-9-12(17(24)25-8-4)15(26-11)20-14(22)10-13-16(23)21(7-3)18(27-13)19-6-2/h9,13H,5-8,10H2,1-4H3,(H,20,22)/t13-/m1/s1. The zero-order chi connectivity index (χ0) is 20.0. The molecule has 0 radical (unpaired) electrons. The van der Waals surface area contributed by atoms with Gasteiger partial charge in [0.05, 0.1) is 12.2 Å². The fourth-order valence-corrected chi connectivity index (χ4v) is 4.87. The first-order valence-corrected chi connectivity index (χ1v) is 10.8. The fraction of sp³-hybridized carbons (Fsp3) is 0.556. The molecule has 1 aliphatic heterocycles. The Kier molecular flexibility index (Phi) is 7.85. The number of anilines is 1. The normalized spacial score (nSPS) is 18.2. The van der Waals surface area contributed by atoms with Crippen LogP contribution >= 0.6 is 23.1 Å². The van der Waals surface area contributed by atoms with Crippen LogP contribution in [0.15, 0.2) is 11.1 Å². The van der Waals surface area contributed by atoms with Gasteiger partial charge < -0.3 is 10.1 Å². The number of hydrogen-bond acceptors (Lipinski definition) is 7. The Labute approximate surface area is 167 Å². The molecular weight excluding hydrogens is 386 g/mol.